The zero-order valence-electron chi connectivity index (χ0n) is 15.1. The number of hydrogen-bond acceptors (Lipinski definition) is 3. The van der Waals surface area contributed by atoms with Gasteiger partial charge in [-0.3, -0.25) is 9.79 Å². The lowest BCUT2D eigenvalue weighted by Crippen LogP contribution is -2.46. The van der Waals surface area contributed by atoms with E-state index >= 15 is 0 Å². The van der Waals surface area contributed by atoms with Gasteiger partial charge >= 0.3 is 0 Å². The Labute approximate surface area is 140 Å². The number of nitrogens with one attached hydrogen (secondary N) is 2. The van der Waals surface area contributed by atoms with Gasteiger partial charge in [0.05, 0.1) is 0 Å². The highest BCUT2D eigenvalue weighted by Crippen LogP contribution is 2.15. The molecule has 2 aliphatic heterocycles. The predicted octanol–water partition coefficient (Wildman–Crippen LogP) is 0.750. The van der Waals surface area contributed by atoms with Crippen LogP contribution in [-0.2, 0) is 4.79 Å². The summed E-state index contributed by atoms with van der Waals surface area (Å²) in [7, 11) is 1.81. The molecule has 2 rings (SSSR count). The summed E-state index contributed by atoms with van der Waals surface area (Å²) >= 11 is 0. The Kier molecular flexibility index (Phi) is 6.69. The lowest BCUT2D eigenvalue weighted by molar-refractivity contribution is -0.133. The number of hydrogen-bond donors (Lipinski definition) is 2. The molecule has 0 radical (unpaired) electrons. The van der Waals surface area contributed by atoms with Gasteiger partial charge in [-0.1, -0.05) is 20.8 Å². The number of likely N-dealkylation sites (tertiary alicyclic amines) is 2. The maximum absolute atomic E-state index is 12.1. The number of carbonyl (C=O) groups is 1. The molecule has 0 bridgehead atoms. The van der Waals surface area contributed by atoms with E-state index in [0.717, 1.165) is 38.6 Å². The molecule has 2 fully saturated rings. The van der Waals surface area contributed by atoms with Gasteiger partial charge in [0.1, 0.15) is 0 Å². The summed E-state index contributed by atoms with van der Waals surface area (Å²) in [4.78, 5) is 20.8. The van der Waals surface area contributed by atoms with Crippen LogP contribution in [0.2, 0.25) is 0 Å². The standard InChI is InChI=1S/C17H33N5O/c1-5-21-8-6-14(11-21)10-19-17(18-4)20-15-7-9-22(12-15)16(23)13(2)3/h13-15H,5-12H2,1-4H3,(H2,18,19,20). The molecule has 2 saturated heterocycles. The minimum atomic E-state index is 0.0788. The summed E-state index contributed by atoms with van der Waals surface area (Å²) in [6, 6.07) is 0.305. The average Bonchev–Trinajstić information content (AvgIpc) is 3.19. The van der Waals surface area contributed by atoms with Crippen LogP contribution in [0.15, 0.2) is 4.99 Å². The molecule has 0 saturated carbocycles. The van der Waals surface area contributed by atoms with E-state index in [4.69, 9.17) is 0 Å². The van der Waals surface area contributed by atoms with Gasteiger partial charge in [-0.25, -0.2) is 0 Å². The smallest absolute Gasteiger partial charge is 0.225 e. The number of carbonyl (C=O) groups excluding carboxylic acids is 1. The summed E-state index contributed by atoms with van der Waals surface area (Å²) in [5.41, 5.74) is 0. The van der Waals surface area contributed by atoms with Crippen LogP contribution in [0.1, 0.15) is 33.6 Å². The van der Waals surface area contributed by atoms with Crippen LogP contribution in [0.5, 0.6) is 0 Å². The fraction of sp³-hybridized carbons (Fsp3) is 0.882. The van der Waals surface area contributed by atoms with Crippen LogP contribution >= 0.6 is 0 Å². The Morgan fingerprint density at radius 2 is 2.04 bits per heavy atom. The maximum atomic E-state index is 12.1. The van der Waals surface area contributed by atoms with Crippen molar-refractivity contribution in [3.8, 4) is 0 Å². The zero-order valence-corrected chi connectivity index (χ0v) is 15.1. The first-order valence-corrected chi connectivity index (χ1v) is 9.01. The highest BCUT2D eigenvalue weighted by molar-refractivity contribution is 5.81. The molecule has 0 aliphatic carbocycles. The number of aliphatic imine (C=N–C) groups is 1. The number of rotatable bonds is 5. The van der Waals surface area contributed by atoms with E-state index in [9.17, 15) is 4.79 Å². The van der Waals surface area contributed by atoms with Gasteiger partial charge in [-0.15, -0.1) is 0 Å². The lowest BCUT2D eigenvalue weighted by atomic mass is 10.1. The Bertz CT molecular complexity index is 423. The molecule has 1 amide bonds. The minimum absolute atomic E-state index is 0.0788. The second-order valence-corrected chi connectivity index (χ2v) is 7.07. The van der Waals surface area contributed by atoms with Gasteiger partial charge in [0.25, 0.3) is 0 Å². The normalized spacial score (nSPS) is 26.1. The quantitative estimate of drug-likeness (QED) is 0.579. The SMILES string of the molecule is CCN1CCC(CNC(=NC)NC2CCN(C(=O)C(C)C)C2)C1. The van der Waals surface area contributed by atoms with Crippen LogP contribution < -0.4 is 10.6 Å². The number of amides is 1. The second-order valence-electron chi connectivity index (χ2n) is 7.07. The molecule has 23 heavy (non-hydrogen) atoms. The molecule has 2 atom stereocenters. The molecule has 2 unspecified atom stereocenters. The summed E-state index contributed by atoms with van der Waals surface area (Å²) < 4.78 is 0. The van der Waals surface area contributed by atoms with Crippen molar-refractivity contribution in [2.45, 2.75) is 39.7 Å². The first-order valence-electron chi connectivity index (χ1n) is 9.01. The highest BCUT2D eigenvalue weighted by Gasteiger charge is 2.28. The van der Waals surface area contributed by atoms with Gasteiger partial charge in [0.2, 0.25) is 5.91 Å². The molecule has 6 nitrogen and oxygen atoms in total. The molecule has 2 heterocycles. The van der Waals surface area contributed by atoms with E-state index in [2.05, 4.69) is 27.4 Å². The molecule has 2 aliphatic rings. The van der Waals surface area contributed by atoms with Crippen LogP contribution in [0, 0.1) is 11.8 Å². The second kappa shape index (κ2) is 8.52. The lowest BCUT2D eigenvalue weighted by Gasteiger charge is -2.21. The summed E-state index contributed by atoms with van der Waals surface area (Å²) in [5.74, 6) is 1.90. The van der Waals surface area contributed by atoms with Crippen molar-refractivity contribution in [2.24, 2.45) is 16.8 Å². The van der Waals surface area contributed by atoms with Crippen LogP contribution in [-0.4, -0.2) is 74.0 Å². The van der Waals surface area contributed by atoms with Crippen LogP contribution in [0.3, 0.4) is 0 Å². The largest absolute Gasteiger partial charge is 0.356 e. The number of nitrogens with zero attached hydrogens (tertiary/aromatic N) is 3. The molecule has 0 aromatic rings. The third-order valence-corrected chi connectivity index (χ3v) is 4.93. The van der Waals surface area contributed by atoms with Crippen molar-refractivity contribution in [3.63, 3.8) is 0 Å². The van der Waals surface area contributed by atoms with Gasteiger partial charge in [0.15, 0.2) is 5.96 Å². The van der Waals surface area contributed by atoms with E-state index in [1.165, 1.54) is 19.5 Å². The average molecular weight is 323 g/mol. The first-order chi connectivity index (χ1) is 11.0. The Balaban J connectivity index is 1.72. The zero-order chi connectivity index (χ0) is 16.8. The molecule has 2 N–H and O–H groups in total. The Morgan fingerprint density at radius 3 is 2.65 bits per heavy atom. The molecular formula is C17H33N5O. The van der Waals surface area contributed by atoms with Crippen molar-refractivity contribution in [2.75, 3.05) is 46.3 Å². The molecule has 0 aromatic heterocycles. The number of guanidine groups is 1. The third kappa shape index (κ3) is 5.09. The first kappa shape index (κ1) is 18.0. The van der Waals surface area contributed by atoms with Gasteiger partial charge in [-0.05, 0) is 31.8 Å². The third-order valence-electron chi connectivity index (χ3n) is 4.93. The topological polar surface area (TPSA) is 60.0 Å². The van der Waals surface area contributed by atoms with Crippen LogP contribution in [0.4, 0.5) is 0 Å². The van der Waals surface area contributed by atoms with Gasteiger partial charge in [-0.2, -0.15) is 0 Å². The maximum Gasteiger partial charge on any atom is 0.225 e. The fourth-order valence-electron chi connectivity index (χ4n) is 3.44. The monoisotopic (exact) mass is 323 g/mol. The van der Waals surface area contributed by atoms with Gasteiger partial charge in [0, 0.05) is 45.2 Å². The van der Waals surface area contributed by atoms with Crippen molar-refractivity contribution in [1.29, 1.82) is 0 Å². The molecule has 0 spiro atoms. The van der Waals surface area contributed by atoms with E-state index in [1.54, 1.807) is 0 Å². The van der Waals surface area contributed by atoms with E-state index in [-0.39, 0.29) is 11.8 Å². The van der Waals surface area contributed by atoms with Crippen molar-refractivity contribution >= 4 is 11.9 Å². The minimum Gasteiger partial charge on any atom is -0.356 e. The Hall–Kier alpha value is -1.30. The summed E-state index contributed by atoms with van der Waals surface area (Å²) in [5, 5.41) is 6.93. The van der Waals surface area contributed by atoms with E-state index < -0.39 is 0 Å². The fourth-order valence-corrected chi connectivity index (χ4v) is 3.44. The van der Waals surface area contributed by atoms with Crippen molar-refractivity contribution in [1.82, 2.24) is 20.4 Å². The van der Waals surface area contributed by atoms with E-state index in [0.29, 0.717) is 12.0 Å². The molecule has 6 heteroatoms. The summed E-state index contributed by atoms with van der Waals surface area (Å²) in [6.07, 6.45) is 2.25. The van der Waals surface area contributed by atoms with Crippen molar-refractivity contribution in [3.05, 3.63) is 0 Å². The predicted molar refractivity (Wildman–Crippen MR) is 94.5 cm³/mol. The molecule has 0 aromatic carbocycles. The molecule has 132 valence electrons. The van der Waals surface area contributed by atoms with Crippen molar-refractivity contribution < 1.29 is 4.79 Å². The van der Waals surface area contributed by atoms with E-state index in [1.807, 2.05) is 25.8 Å². The summed E-state index contributed by atoms with van der Waals surface area (Å²) in [6.45, 7) is 12.3. The van der Waals surface area contributed by atoms with Gasteiger partial charge < -0.3 is 20.4 Å². The molecular weight excluding hydrogens is 290 g/mol. The highest BCUT2D eigenvalue weighted by atomic mass is 16.2. The van der Waals surface area contributed by atoms with Crippen LogP contribution in [0.25, 0.3) is 0 Å². The Morgan fingerprint density at radius 1 is 1.26 bits per heavy atom.